The van der Waals surface area contributed by atoms with Crippen LogP contribution in [0.3, 0.4) is 0 Å². The monoisotopic (exact) mass is 872 g/mol. The van der Waals surface area contributed by atoms with Crippen molar-refractivity contribution in [1.29, 1.82) is 0 Å². The van der Waals surface area contributed by atoms with Crippen LogP contribution < -0.4 is 5.32 Å². The Labute approximate surface area is 378 Å². The zero-order chi connectivity index (χ0) is 45.1. The van der Waals surface area contributed by atoms with Crippen molar-refractivity contribution < 1.29 is 39.8 Å². The predicted octanol–water partition coefficient (Wildman–Crippen LogP) is 11.3. The van der Waals surface area contributed by atoms with Gasteiger partial charge in [-0.2, -0.15) is 0 Å². The maximum atomic E-state index is 13.0. The van der Waals surface area contributed by atoms with Crippen molar-refractivity contribution in [3.63, 3.8) is 0 Å². The van der Waals surface area contributed by atoms with Gasteiger partial charge in [0, 0.05) is 6.42 Å². The normalized spacial score (nSPS) is 20.9. The highest BCUT2D eigenvalue weighted by atomic mass is 16.7. The van der Waals surface area contributed by atoms with E-state index in [4.69, 9.17) is 9.47 Å². The fourth-order valence-corrected chi connectivity index (χ4v) is 7.52. The molecule has 1 rings (SSSR count). The molecule has 0 aromatic heterocycles. The molecule has 0 aliphatic carbocycles. The topological polar surface area (TPSA) is 149 Å². The van der Waals surface area contributed by atoms with Gasteiger partial charge >= 0.3 is 0 Å². The van der Waals surface area contributed by atoms with Crippen LogP contribution in [-0.4, -0.2) is 87.5 Å². The van der Waals surface area contributed by atoms with Crippen LogP contribution in [0, 0.1) is 0 Å². The van der Waals surface area contributed by atoms with Gasteiger partial charge in [-0.1, -0.05) is 196 Å². The standard InChI is InChI=1S/C53H93NO8/c1-3-5-7-9-11-13-15-16-17-18-19-20-21-22-23-24-25-26-27-28-29-30-31-32-33-35-37-39-41-43-49(57)54-46(45-61-53-52(60)51(59)50(58)48(44-55)62-53)47(56)42-40-38-36-34-14-12-10-8-6-4-2/h5,7,11,13-14,16-17,19-20,34,40,42,46-48,50-53,55-56,58-60H,3-4,6,8-10,12,15,18,21-33,35-39,41,43-45H2,1-2H3,(H,54,57)/b7-5-,13-11-,17-16-,20-19-,34-14+,42-40+. The molecular formula is C53H93NO8. The minimum absolute atomic E-state index is 0.191. The summed E-state index contributed by atoms with van der Waals surface area (Å²) in [6, 6.07) is -0.822. The second-order valence-electron chi connectivity index (χ2n) is 17.2. The Bertz CT molecular complexity index is 1200. The van der Waals surface area contributed by atoms with Gasteiger partial charge in [0.1, 0.15) is 24.4 Å². The molecule has 9 nitrogen and oxygen atoms in total. The highest BCUT2D eigenvalue weighted by Crippen LogP contribution is 2.22. The first kappa shape index (κ1) is 57.6. The van der Waals surface area contributed by atoms with Gasteiger partial charge in [0.15, 0.2) is 6.29 Å². The SMILES string of the molecule is CC/C=C\C/C=C\C/C=C\C/C=C\CCCCCCCCCCCCCCCCCCC(=O)NC(COC1OC(CO)C(O)C(O)C1O)C(O)/C=C/CC/C=C/CCCCCC. The molecule has 0 aromatic rings. The molecule has 358 valence electrons. The number of nitrogens with one attached hydrogen (secondary N) is 1. The van der Waals surface area contributed by atoms with Gasteiger partial charge in [0.2, 0.25) is 5.91 Å². The maximum Gasteiger partial charge on any atom is 0.220 e. The average Bonchev–Trinajstić information content (AvgIpc) is 3.27. The first-order chi connectivity index (χ1) is 30.3. The van der Waals surface area contributed by atoms with Gasteiger partial charge in [-0.25, -0.2) is 0 Å². The highest BCUT2D eigenvalue weighted by molar-refractivity contribution is 5.76. The molecule has 0 spiro atoms. The molecular weight excluding hydrogens is 779 g/mol. The number of aliphatic hydroxyl groups excluding tert-OH is 5. The summed E-state index contributed by atoms with van der Waals surface area (Å²) in [5, 5.41) is 54.1. The zero-order valence-corrected chi connectivity index (χ0v) is 39.4. The summed E-state index contributed by atoms with van der Waals surface area (Å²) in [5.41, 5.74) is 0. The minimum atomic E-state index is -1.57. The Morgan fingerprint density at radius 3 is 1.55 bits per heavy atom. The van der Waals surface area contributed by atoms with E-state index in [0.29, 0.717) is 6.42 Å². The van der Waals surface area contributed by atoms with Gasteiger partial charge in [-0.3, -0.25) is 4.79 Å². The molecule has 1 heterocycles. The van der Waals surface area contributed by atoms with E-state index < -0.39 is 49.5 Å². The van der Waals surface area contributed by atoms with E-state index in [0.717, 1.165) is 64.2 Å². The third kappa shape index (κ3) is 32.3. The summed E-state index contributed by atoms with van der Waals surface area (Å²) in [6.07, 6.45) is 51.2. The number of ether oxygens (including phenoxy) is 2. The molecule has 62 heavy (non-hydrogen) atoms. The lowest BCUT2D eigenvalue weighted by Crippen LogP contribution is -2.60. The Morgan fingerprint density at radius 1 is 0.565 bits per heavy atom. The Balaban J connectivity index is 2.17. The highest BCUT2D eigenvalue weighted by Gasteiger charge is 2.44. The van der Waals surface area contributed by atoms with Crippen LogP contribution >= 0.6 is 0 Å². The molecule has 1 amide bonds. The summed E-state index contributed by atoms with van der Waals surface area (Å²) >= 11 is 0. The fraction of sp³-hybridized carbons (Fsp3) is 0.755. The summed E-state index contributed by atoms with van der Waals surface area (Å²) in [5.74, 6) is -0.191. The van der Waals surface area contributed by atoms with Crippen molar-refractivity contribution >= 4 is 5.91 Å². The van der Waals surface area contributed by atoms with Gasteiger partial charge in [0.05, 0.1) is 25.4 Å². The molecule has 1 aliphatic heterocycles. The van der Waals surface area contributed by atoms with Gasteiger partial charge in [0.25, 0.3) is 0 Å². The van der Waals surface area contributed by atoms with Gasteiger partial charge in [-0.05, 0) is 70.6 Å². The van der Waals surface area contributed by atoms with Crippen molar-refractivity contribution in [1.82, 2.24) is 5.32 Å². The number of hydrogen-bond donors (Lipinski definition) is 6. The van der Waals surface area contributed by atoms with Crippen molar-refractivity contribution in [2.75, 3.05) is 13.2 Å². The number of allylic oxidation sites excluding steroid dienone is 11. The van der Waals surface area contributed by atoms with E-state index in [1.54, 1.807) is 6.08 Å². The molecule has 9 heteroatoms. The molecule has 0 saturated carbocycles. The molecule has 6 N–H and O–H groups in total. The van der Waals surface area contributed by atoms with E-state index in [-0.39, 0.29) is 12.5 Å². The summed E-state index contributed by atoms with van der Waals surface area (Å²) in [6.45, 7) is 3.60. The number of aliphatic hydroxyl groups is 5. The molecule has 1 saturated heterocycles. The van der Waals surface area contributed by atoms with E-state index in [9.17, 15) is 30.3 Å². The van der Waals surface area contributed by atoms with Crippen LogP contribution in [-0.2, 0) is 14.3 Å². The molecule has 0 aromatic carbocycles. The maximum absolute atomic E-state index is 13.0. The van der Waals surface area contributed by atoms with Crippen LogP contribution in [0.5, 0.6) is 0 Å². The number of rotatable bonds is 41. The van der Waals surface area contributed by atoms with Crippen molar-refractivity contribution in [2.24, 2.45) is 0 Å². The van der Waals surface area contributed by atoms with E-state index in [1.807, 2.05) is 6.08 Å². The summed E-state index contributed by atoms with van der Waals surface area (Å²) in [4.78, 5) is 13.0. The number of carbonyl (C=O) groups excluding carboxylic acids is 1. The predicted molar refractivity (Wildman–Crippen MR) is 258 cm³/mol. The number of amides is 1. The molecule has 1 aliphatic rings. The second kappa shape index (κ2) is 42.6. The Kier molecular flexibility index (Phi) is 39.6. The number of unbranched alkanes of at least 4 members (excludes halogenated alkanes) is 21. The first-order valence-electron chi connectivity index (χ1n) is 25.2. The average molecular weight is 872 g/mol. The van der Waals surface area contributed by atoms with Crippen molar-refractivity contribution in [3.8, 4) is 0 Å². The molecule has 1 fully saturated rings. The van der Waals surface area contributed by atoms with Crippen LogP contribution in [0.1, 0.15) is 200 Å². The van der Waals surface area contributed by atoms with Crippen LogP contribution in [0.25, 0.3) is 0 Å². The third-order valence-electron chi connectivity index (χ3n) is 11.5. The van der Waals surface area contributed by atoms with Crippen LogP contribution in [0.2, 0.25) is 0 Å². The first-order valence-corrected chi connectivity index (χ1v) is 25.2. The lowest BCUT2D eigenvalue weighted by molar-refractivity contribution is -0.302. The number of carbonyl (C=O) groups is 1. The van der Waals surface area contributed by atoms with Gasteiger partial charge in [-0.15, -0.1) is 0 Å². The molecule has 7 atom stereocenters. The molecule has 0 radical (unpaired) electrons. The van der Waals surface area contributed by atoms with Crippen LogP contribution in [0.15, 0.2) is 72.9 Å². The zero-order valence-electron chi connectivity index (χ0n) is 39.4. The van der Waals surface area contributed by atoms with Gasteiger partial charge < -0.3 is 40.3 Å². The third-order valence-corrected chi connectivity index (χ3v) is 11.5. The molecule has 0 bridgehead atoms. The minimum Gasteiger partial charge on any atom is -0.394 e. The number of hydrogen-bond acceptors (Lipinski definition) is 8. The second-order valence-corrected chi connectivity index (χ2v) is 17.2. The largest absolute Gasteiger partial charge is 0.394 e. The fourth-order valence-electron chi connectivity index (χ4n) is 7.52. The Hall–Kier alpha value is -2.37. The summed E-state index contributed by atoms with van der Waals surface area (Å²) in [7, 11) is 0. The smallest absolute Gasteiger partial charge is 0.220 e. The van der Waals surface area contributed by atoms with E-state index >= 15 is 0 Å². The quantitative estimate of drug-likeness (QED) is 0.0263. The lowest BCUT2D eigenvalue weighted by atomic mass is 9.99. The lowest BCUT2D eigenvalue weighted by Gasteiger charge is -2.40. The Morgan fingerprint density at radius 2 is 1.02 bits per heavy atom. The van der Waals surface area contributed by atoms with E-state index in [2.05, 4.69) is 79.9 Å². The van der Waals surface area contributed by atoms with Crippen molar-refractivity contribution in [2.45, 2.75) is 243 Å². The van der Waals surface area contributed by atoms with Crippen molar-refractivity contribution in [3.05, 3.63) is 72.9 Å². The molecule has 7 unspecified atom stereocenters. The van der Waals surface area contributed by atoms with E-state index in [1.165, 1.54) is 116 Å². The van der Waals surface area contributed by atoms with Crippen LogP contribution in [0.4, 0.5) is 0 Å². The summed E-state index contributed by atoms with van der Waals surface area (Å²) < 4.78 is 11.2.